The van der Waals surface area contributed by atoms with Crippen LogP contribution in [0, 0.1) is 20.2 Å². The van der Waals surface area contributed by atoms with Gasteiger partial charge in [-0.2, -0.15) is 0 Å². The highest BCUT2D eigenvalue weighted by Crippen LogP contribution is 2.39. The van der Waals surface area contributed by atoms with Crippen LogP contribution in [0.25, 0.3) is 0 Å². The Labute approximate surface area is 144 Å². The number of Topliss-reactive ketones (excluding diaryl/α,β-unsaturated/α-hetero) is 1. The molecule has 0 amide bonds. The minimum atomic E-state index is -1.09. The molecule has 0 spiro atoms. The van der Waals surface area contributed by atoms with E-state index in [4.69, 9.17) is 4.74 Å². The van der Waals surface area contributed by atoms with Gasteiger partial charge in [0.2, 0.25) is 0 Å². The number of ether oxygens (including phenoxy) is 1. The van der Waals surface area contributed by atoms with Crippen molar-refractivity contribution in [3.8, 4) is 23.0 Å². The zero-order valence-corrected chi connectivity index (χ0v) is 12.9. The second-order valence-electron chi connectivity index (χ2n) is 5.24. The van der Waals surface area contributed by atoms with Crippen molar-refractivity contribution in [1.82, 2.24) is 0 Å². The fraction of sp³-hybridized carbons (Fsp3) is 0.133. The first-order chi connectivity index (χ1) is 12.3. The Morgan fingerprint density at radius 3 is 2.35 bits per heavy atom. The average molecular weight is 362 g/mol. The smallest absolute Gasteiger partial charge is 0.299 e. The minimum absolute atomic E-state index is 0.00235. The van der Waals surface area contributed by atoms with Crippen LogP contribution in [0.15, 0.2) is 36.4 Å². The molecule has 3 rings (SSSR count). The highest BCUT2D eigenvalue weighted by molar-refractivity contribution is 6.04. The Morgan fingerprint density at radius 2 is 1.73 bits per heavy atom. The Kier molecular flexibility index (Phi) is 4.27. The zero-order chi connectivity index (χ0) is 18.8. The molecule has 1 atom stereocenters. The van der Waals surface area contributed by atoms with Gasteiger partial charge in [-0.25, -0.2) is 0 Å². The molecule has 0 saturated heterocycles. The van der Waals surface area contributed by atoms with Gasteiger partial charge in [0.25, 0.3) is 10.2 Å². The summed E-state index contributed by atoms with van der Waals surface area (Å²) in [5, 5.41) is 28.4. The number of hydrogen-bond acceptors (Lipinski definition) is 9. The van der Waals surface area contributed by atoms with Crippen LogP contribution in [0.3, 0.4) is 0 Å². The van der Waals surface area contributed by atoms with Gasteiger partial charge in [-0.1, -0.05) is 12.1 Å². The van der Waals surface area contributed by atoms with Gasteiger partial charge in [0.15, 0.2) is 11.5 Å². The van der Waals surface area contributed by atoms with Crippen molar-refractivity contribution in [3.63, 3.8) is 0 Å². The number of phenolic OH excluding ortho intramolecular Hbond substituents is 1. The second kappa shape index (κ2) is 6.55. The third-order valence-electron chi connectivity index (χ3n) is 3.68. The lowest BCUT2D eigenvalue weighted by molar-refractivity contribution is -0.711. The molecule has 0 saturated carbocycles. The van der Waals surface area contributed by atoms with E-state index in [9.17, 15) is 30.1 Å². The van der Waals surface area contributed by atoms with Crippen molar-refractivity contribution in [2.45, 2.75) is 5.92 Å². The van der Waals surface area contributed by atoms with Crippen molar-refractivity contribution in [2.75, 3.05) is 6.61 Å². The average Bonchev–Trinajstić information content (AvgIpc) is 2.57. The van der Waals surface area contributed by atoms with Gasteiger partial charge < -0.3 is 9.84 Å². The number of fused-ring (bicyclic) bond motifs is 1. The van der Waals surface area contributed by atoms with Gasteiger partial charge in [0.1, 0.15) is 23.9 Å². The summed E-state index contributed by atoms with van der Waals surface area (Å²) in [5.41, 5.74) is 0.571. The molecule has 2 aromatic carbocycles. The Hall–Kier alpha value is -3.89. The normalized spacial score (nSPS) is 15.5. The Bertz CT molecular complexity index is 895. The molecule has 1 aliphatic heterocycles. The molecule has 0 fully saturated rings. The van der Waals surface area contributed by atoms with Gasteiger partial charge in [-0.15, -0.1) is 20.2 Å². The number of carbonyl (C=O) groups is 1. The number of nitrogens with zero attached hydrogens (tertiary/aromatic N) is 2. The molecule has 0 aliphatic carbocycles. The topological polar surface area (TPSA) is 151 Å². The molecule has 1 heterocycles. The van der Waals surface area contributed by atoms with Crippen molar-refractivity contribution in [3.05, 3.63) is 67.8 Å². The fourth-order valence-corrected chi connectivity index (χ4v) is 2.55. The van der Waals surface area contributed by atoms with Crippen LogP contribution in [0.1, 0.15) is 21.8 Å². The number of benzene rings is 2. The summed E-state index contributed by atoms with van der Waals surface area (Å²) < 4.78 is 5.46. The summed E-state index contributed by atoms with van der Waals surface area (Å²) in [6.45, 7) is -0.0516. The molecule has 0 bridgehead atoms. The quantitative estimate of drug-likeness (QED) is 0.620. The largest absolute Gasteiger partial charge is 0.506 e. The van der Waals surface area contributed by atoms with E-state index in [1.807, 2.05) is 0 Å². The molecule has 0 aromatic heterocycles. The second-order valence-corrected chi connectivity index (χ2v) is 5.24. The van der Waals surface area contributed by atoms with Gasteiger partial charge >= 0.3 is 0 Å². The van der Waals surface area contributed by atoms with Crippen LogP contribution in [-0.4, -0.2) is 27.7 Å². The van der Waals surface area contributed by atoms with Crippen molar-refractivity contribution in [1.29, 1.82) is 0 Å². The number of phenols is 1. The molecule has 1 unspecified atom stereocenters. The summed E-state index contributed by atoms with van der Waals surface area (Å²) in [4.78, 5) is 41.9. The summed E-state index contributed by atoms with van der Waals surface area (Å²) in [5.74, 6) is -2.06. The molecule has 134 valence electrons. The SMILES string of the molecule is O=C1c2cc(O)c(O[N+](=O)[O-])cc2OCC1c1ccc(O[N+](=O)[O-])cc1. The number of aromatic hydroxyl groups is 1. The summed E-state index contributed by atoms with van der Waals surface area (Å²) in [6.07, 6.45) is 0. The van der Waals surface area contributed by atoms with Gasteiger partial charge in [0.05, 0.1) is 11.5 Å². The molecule has 0 radical (unpaired) electrons. The third-order valence-corrected chi connectivity index (χ3v) is 3.68. The lowest BCUT2D eigenvalue weighted by atomic mass is 9.89. The van der Waals surface area contributed by atoms with Crippen LogP contribution < -0.4 is 14.4 Å². The number of ketones is 1. The standard InChI is InChI=1S/C15H10N2O9/c18-12-5-10-13(6-14(12)26-17(22)23)24-7-11(15(10)19)8-1-3-9(4-2-8)25-16(20)21/h1-6,11,18H,7H2. The van der Waals surface area contributed by atoms with Crippen LogP contribution in [0.2, 0.25) is 0 Å². The van der Waals surface area contributed by atoms with Crippen LogP contribution in [-0.2, 0) is 0 Å². The van der Waals surface area contributed by atoms with E-state index in [0.29, 0.717) is 5.56 Å². The molecular weight excluding hydrogens is 352 g/mol. The first-order valence-corrected chi connectivity index (χ1v) is 7.14. The number of rotatable bonds is 5. The molecule has 1 aliphatic rings. The zero-order valence-electron chi connectivity index (χ0n) is 12.9. The van der Waals surface area contributed by atoms with E-state index >= 15 is 0 Å². The highest BCUT2D eigenvalue weighted by Gasteiger charge is 2.31. The predicted octanol–water partition coefficient (Wildman–Crippen LogP) is 1.89. The molecule has 26 heavy (non-hydrogen) atoms. The predicted molar refractivity (Wildman–Crippen MR) is 82.4 cm³/mol. The van der Waals surface area contributed by atoms with E-state index in [0.717, 1.165) is 12.1 Å². The van der Waals surface area contributed by atoms with E-state index < -0.39 is 27.6 Å². The molecular formula is C15H10N2O9. The monoisotopic (exact) mass is 362 g/mol. The minimum Gasteiger partial charge on any atom is -0.506 e. The maximum atomic E-state index is 12.7. The van der Waals surface area contributed by atoms with Crippen molar-refractivity contribution in [2.24, 2.45) is 0 Å². The molecule has 11 heteroatoms. The Balaban J connectivity index is 1.86. The fourth-order valence-electron chi connectivity index (χ4n) is 2.55. The van der Waals surface area contributed by atoms with Crippen LogP contribution in [0.5, 0.6) is 23.0 Å². The van der Waals surface area contributed by atoms with Crippen molar-refractivity contribution >= 4 is 5.78 Å². The Morgan fingerprint density at radius 1 is 1.08 bits per heavy atom. The van der Waals surface area contributed by atoms with Crippen LogP contribution in [0.4, 0.5) is 0 Å². The first kappa shape index (κ1) is 17.0. The van der Waals surface area contributed by atoms with Gasteiger partial charge in [0, 0.05) is 6.07 Å². The van der Waals surface area contributed by atoms with Crippen molar-refractivity contribution < 1.29 is 34.5 Å². The van der Waals surface area contributed by atoms with Gasteiger partial charge in [-0.3, -0.25) is 14.5 Å². The lowest BCUT2D eigenvalue weighted by Crippen LogP contribution is -2.26. The molecule has 1 N–H and O–H groups in total. The van der Waals surface area contributed by atoms with Gasteiger partial charge in [-0.05, 0) is 23.8 Å². The van der Waals surface area contributed by atoms with Crippen LogP contribution >= 0.6 is 0 Å². The summed E-state index contributed by atoms with van der Waals surface area (Å²) in [6, 6.07) is 7.75. The molecule has 11 nitrogen and oxygen atoms in total. The summed E-state index contributed by atoms with van der Waals surface area (Å²) in [7, 11) is 0. The maximum Gasteiger partial charge on any atom is 0.299 e. The van der Waals surface area contributed by atoms with E-state index in [-0.39, 0.29) is 29.5 Å². The summed E-state index contributed by atoms with van der Waals surface area (Å²) >= 11 is 0. The molecule has 2 aromatic rings. The maximum absolute atomic E-state index is 12.7. The number of carbonyl (C=O) groups excluding carboxylic acids is 1. The van der Waals surface area contributed by atoms with E-state index in [1.54, 1.807) is 0 Å². The first-order valence-electron chi connectivity index (χ1n) is 7.14. The van der Waals surface area contributed by atoms with E-state index in [2.05, 4.69) is 9.68 Å². The highest BCUT2D eigenvalue weighted by atomic mass is 17.0. The third kappa shape index (κ3) is 3.31. The lowest BCUT2D eigenvalue weighted by Gasteiger charge is -2.25. The van der Waals surface area contributed by atoms with E-state index in [1.165, 1.54) is 24.3 Å². The number of hydrogen-bond donors (Lipinski definition) is 1.